The number of aliphatic hydroxyl groups excluding tert-OH is 1. The average Bonchev–Trinajstić information content (AvgIpc) is 3.04. The minimum Gasteiger partial charge on any atom is -0.507 e. The third-order valence-electron chi connectivity index (χ3n) is 5.56. The van der Waals surface area contributed by atoms with E-state index in [4.69, 9.17) is 27.9 Å². The highest BCUT2D eigenvalue weighted by Gasteiger charge is 2.46. The van der Waals surface area contributed by atoms with Crippen LogP contribution in [0, 0.1) is 6.92 Å². The van der Waals surface area contributed by atoms with Gasteiger partial charge in [-0.05, 0) is 60.0 Å². The molecule has 0 unspecified atom stereocenters. The molecular formula is C25H20Cl2N2O4. The van der Waals surface area contributed by atoms with Crippen LogP contribution in [-0.2, 0) is 16.1 Å². The van der Waals surface area contributed by atoms with Gasteiger partial charge in [0.1, 0.15) is 11.5 Å². The molecule has 1 N–H and O–H groups in total. The molecule has 0 bridgehead atoms. The third-order valence-corrected chi connectivity index (χ3v) is 6.12. The summed E-state index contributed by atoms with van der Waals surface area (Å²) in [5.41, 5.74) is 2.28. The molecular weight excluding hydrogens is 463 g/mol. The van der Waals surface area contributed by atoms with Gasteiger partial charge >= 0.3 is 0 Å². The molecule has 0 aliphatic carbocycles. The maximum Gasteiger partial charge on any atom is 0.295 e. The zero-order valence-electron chi connectivity index (χ0n) is 17.9. The van der Waals surface area contributed by atoms with E-state index in [0.29, 0.717) is 27.5 Å². The van der Waals surface area contributed by atoms with Crippen LogP contribution >= 0.6 is 23.2 Å². The first-order valence-electron chi connectivity index (χ1n) is 10.1. The molecule has 168 valence electrons. The molecule has 1 aromatic heterocycles. The smallest absolute Gasteiger partial charge is 0.295 e. The molecule has 33 heavy (non-hydrogen) atoms. The minimum absolute atomic E-state index is 0.0404. The number of benzene rings is 2. The highest BCUT2D eigenvalue weighted by Crippen LogP contribution is 2.43. The number of ketones is 1. The van der Waals surface area contributed by atoms with Gasteiger partial charge in [-0.1, -0.05) is 35.3 Å². The lowest BCUT2D eigenvalue weighted by atomic mass is 9.93. The number of carbonyl (C=O) groups is 2. The number of amides is 1. The van der Waals surface area contributed by atoms with Crippen molar-refractivity contribution in [3.8, 4) is 5.75 Å². The van der Waals surface area contributed by atoms with Crippen LogP contribution in [0.1, 0.15) is 28.3 Å². The number of pyridine rings is 1. The number of methoxy groups -OCH3 is 1. The molecule has 1 atom stereocenters. The number of nitrogens with zero attached hydrogens (tertiary/aromatic N) is 2. The van der Waals surface area contributed by atoms with Crippen molar-refractivity contribution in [3.05, 3.63) is 98.8 Å². The number of halogens is 2. The van der Waals surface area contributed by atoms with Crippen LogP contribution in [-0.4, -0.2) is 33.8 Å². The van der Waals surface area contributed by atoms with E-state index in [1.165, 1.54) is 4.90 Å². The van der Waals surface area contributed by atoms with Crippen molar-refractivity contribution in [2.45, 2.75) is 19.5 Å². The van der Waals surface area contributed by atoms with Gasteiger partial charge in [-0.15, -0.1) is 0 Å². The summed E-state index contributed by atoms with van der Waals surface area (Å²) >= 11 is 12.6. The molecule has 1 fully saturated rings. The van der Waals surface area contributed by atoms with E-state index in [2.05, 4.69) is 4.98 Å². The van der Waals surface area contributed by atoms with E-state index in [0.717, 1.165) is 5.56 Å². The molecule has 1 aliphatic heterocycles. The fourth-order valence-corrected chi connectivity index (χ4v) is 4.46. The molecule has 1 aliphatic rings. The Hall–Kier alpha value is -3.35. The molecule has 6 nitrogen and oxygen atoms in total. The van der Waals surface area contributed by atoms with Crippen molar-refractivity contribution in [1.82, 2.24) is 9.88 Å². The SMILES string of the molecule is COc1ccc(C(O)=C2C(=O)C(=O)N(Cc3cccnc3)[C@@H]2c2ccc(Cl)cc2Cl)c(C)c1. The van der Waals surface area contributed by atoms with Gasteiger partial charge in [-0.2, -0.15) is 0 Å². The molecule has 3 aromatic rings. The summed E-state index contributed by atoms with van der Waals surface area (Å²) in [6.45, 7) is 1.90. The lowest BCUT2D eigenvalue weighted by molar-refractivity contribution is -0.140. The van der Waals surface area contributed by atoms with Crippen molar-refractivity contribution in [1.29, 1.82) is 0 Å². The Labute approximate surface area is 201 Å². The normalized spacial score (nSPS) is 17.5. The van der Waals surface area contributed by atoms with Crippen molar-refractivity contribution in [2.24, 2.45) is 0 Å². The van der Waals surface area contributed by atoms with Gasteiger partial charge in [0.2, 0.25) is 0 Å². The predicted octanol–water partition coefficient (Wildman–Crippen LogP) is 5.33. The summed E-state index contributed by atoms with van der Waals surface area (Å²) in [5, 5.41) is 12.0. The second-order valence-corrected chi connectivity index (χ2v) is 8.48. The Morgan fingerprint density at radius 2 is 1.94 bits per heavy atom. The van der Waals surface area contributed by atoms with Crippen LogP contribution in [0.2, 0.25) is 10.0 Å². The number of aryl methyl sites for hydroxylation is 1. The highest BCUT2D eigenvalue weighted by molar-refractivity contribution is 6.47. The van der Waals surface area contributed by atoms with Gasteiger partial charge in [0.15, 0.2) is 0 Å². The molecule has 0 radical (unpaired) electrons. The first kappa shape index (κ1) is 22.8. The molecule has 1 amide bonds. The zero-order chi connectivity index (χ0) is 23.7. The van der Waals surface area contributed by atoms with Crippen molar-refractivity contribution in [3.63, 3.8) is 0 Å². The zero-order valence-corrected chi connectivity index (χ0v) is 19.4. The number of likely N-dealkylation sites (tertiary alicyclic amines) is 1. The van der Waals surface area contributed by atoms with Gasteiger partial charge in [0.25, 0.3) is 11.7 Å². The molecule has 0 saturated carbocycles. The summed E-state index contributed by atoms with van der Waals surface area (Å²) in [5.74, 6) is -1.19. The van der Waals surface area contributed by atoms with Crippen LogP contribution in [0.5, 0.6) is 5.75 Å². The van der Waals surface area contributed by atoms with Gasteiger partial charge < -0.3 is 14.7 Å². The first-order valence-corrected chi connectivity index (χ1v) is 10.8. The fourth-order valence-electron chi connectivity index (χ4n) is 3.95. The van der Waals surface area contributed by atoms with Crippen LogP contribution in [0.25, 0.3) is 5.76 Å². The van der Waals surface area contributed by atoms with Crippen LogP contribution in [0.15, 0.2) is 66.5 Å². The Morgan fingerprint density at radius 1 is 1.15 bits per heavy atom. The maximum atomic E-state index is 13.2. The van der Waals surface area contributed by atoms with E-state index in [9.17, 15) is 14.7 Å². The number of aromatic nitrogens is 1. The molecule has 8 heteroatoms. The number of hydrogen-bond acceptors (Lipinski definition) is 5. The monoisotopic (exact) mass is 482 g/mol. The number of Topliss-reactive ketones (excluding diaryl/α,β-unsaturated/α-hetero) is 1. The Kier molecular flexibility index (Phi) is 6.40. The quantitative estimate of drug-likeness (QED) is 0.302. The second kappa shape index (κ2) is 9.25. The molecule has 2 aromatic carbocycles. The number of rotatable bonds is 5. The summed E-state index contributed by atoms with van der Waals surface area (Å²) in [7, 11) is 1.54. The summed E-state index contributed by atoms with van der Waals surface area (Å²) in [4.78, 5) is 31.8. The number of carbonyl (C=O) groups excluding carboxylic acids is 2. The van der Waals surface area contributed by atoms with Gasteiger partial charge in [-0.3, -0.25) is 14.6 Å². The van der Waals surface area contributed by atoms with E-state index < -0.39 is 17.7 Å². The highest BCUT2D eigenvalue weighted by atomic mass is 35.5. The van der Waals surface area contributed by atoms with E-state index in [1.807, 2.05) is 0 Å². The van der Waals surface area contributed by atoms with Crippen LogP contribution < -0.4 is 4.74 Å². The lowest BCUT2D eigenvalue weighted by Gasteiger charge is -2.26. The summed E-state index contributed by atoms with van der Waals surface area (Å²) < 4.78 is 5.23. The third kappa shape index (κ3) is 4.32. The lowest BCUT2D eigenvalue weighted by Crippen LogP contribution is -2.29. The van der Waals surface area contributed by atoms with Crippen molar-refractivity contribution < 1.29 is 19.4 Å². The fraction of sp³-hybridized carbons (Fsp3) is 0.160. The molecule has 2 heterocycles. The molecule has 1 saturated heterocycles. The average molecular weight is 483 g/mol. The maximum absolute atomic E-state index is 13.2. The summed E-state index contributed by atoms with van der Waals surface area (Å²) in [6.07, 6.45) is 3.24. The largest absolute Gasteiger partial charge is 0.507 e. The Morgan fingerprint density at radius 3 is 2.58 bits per heavy atom. The first-order chi connectivity index (χ1) is 15.8. The van der Waals surface area contributed by atoms with Crippen molar-refractivity contribution >= 4 is 40.7 Å². The summed E-state index contributed by atoms with van der Waals surface area (Å²) in [6, 6.07) is 12.5. The van der Waals surface area contributed by atoms with E-state index in [-0.39, 0.29) is 22.9 Å². The Bertz CT molecular complexity index is 1270. The van der Waals surface area contributed by atoms with E-state index >= 15 is 0 Å². The Balaban J connectivity index is 1.91. The van der Waals surface area contributed by atoms with Gasteiger partial charge in [-0.25, -0.2) is 0 Å². The molecule has 0 spiro atoms. The van der Waals surface area contributed by atoms with Crippen molar-refractivity contribution in [2.75, 3.05) is 7.11 Å². The minimum atomic E-state index is -0.906. The van der Waals surface area contributed by atoms with E-state index in [1.54, 1.807) is 75.0 Å². The van der Waals surface area contributed by atoms with Crippen LogP contribution in [0.4, 0.5) is 0 Å². The van der Waals surface area contributed by atoms with Crippen LogP contribution in [0.3, 0.4) is 0 Å². The molecule has 4 rings (SSSR count). The van der Waals surface area contributed by atoms with Gasteiger partial charge in [0, 0.05) is 34.5 Å². The van der Waals surface area contributed by atoms with Gasteiger partial charge in [0.05, 0.1) is 18.7 Å². The standard InChI is InChI=1S/C25H20Cl2N2O4/c1-14-10-17(33-2)6-8-18(14)23(30)21-22(19-7-5-16(26)11-20(19)27)29(25(32)24(21)31)13-15-4-3-9-28-12-15/h3-12,22,30H,13H2,1-2H3/t22-/m1/s1. The topological polar surface area (TPSA) is 79.7 Å². The second-order valence-electron chi connectivity index (χ2n) is 7.63. The number of ether oxygens (including phenoxy) is 1. The number of hydrogen-bond donors (Lipinski definition) is 1. The predicted molar refractivity (Wildman–Crippen MR) is 126 cm³/mol. The number of aliphatic hydroxyl groups is 1.